The van der Waals surface area contributed by atoms with Crippen LogP contribution < -0.4 is 15.5 Å². The van der Waals surface area contributed by atoms with Gasteiger partial charge in [-0.1, -0.05) is 6.92 Å². The summed E-state index contributed by atoms with van der Waals surface area (Å²) in [6, 6.07) is 2.72. The van der Waals surface area contributed by atoms with E-state index in [4.69, 9.17) is 0 Å². The van der Waals surface area contributed by atoms with Crippen LogP contribution in [0.4, 0.5) is 29.3 Å². The Morgan fingerprint density at radius 2 is 1.81 bits per heavy atom. The van der Waals surface area contributed by atoms with Gasteiger partial charge in [0, 0.05) is 32.7 Å². The molecule has 27 heavy (non-hydrogen) atoms. The Bertz CT molecular complexity index is 651. The number of carbonyl (C=O) groups excluding carboxylic acids is 1. The predicted octanol–water partition coefficient (Wildman–Crippen LogP) is 2.74. The van der Waals surface area contributed by atoms with Crippen molar-refractivity contribution in [2.45, 2.75) is 32.5 Å². The molecular weight excluding hydrogens is 361 g/mol. The monoisotopic (exact) mass is 388 g/mol. The van der Waals surface area contributed by atoms with E-state index in [1.807, 2.05) is 4.90 Å². The number of piperazine rings is 1. The first-order valence-electron chi connectivity index (χ1n) is 8.95. The molecule has 2 amide bonds. The van der Waals surface area contributed by atoms with Crippen LogP contribution in [0.3, 0.4) is 0 Å². The van der Waals surface area contributed by atoms with Crippen molar-refractivity contribution in [1.29, 1.82) is 0 Å². The summed E-state index contributed by atoms with van der Waals surface area (Å²) in [7, 11) is 0. The van der Waals surface area contributed by atoms with Crippen molar-refractivity contribution in [3.05, 3.63) is 23.8 Å². The second-order valence-corrected chi connectivity index (χ2v) is 7.27. The van der Waals surface area contributed by atoms with Gasteiger partial charge in [0.15, 0.2) is 0 Å². The average Bonchev–Trinajstić information content (AvgIpc) is 2.59. The molecule has 1 aromatic rings. The van der Waals surface area contributed by atoms with Crippen LogP contribution in [0.1, 0.15) is 26.3 Å². The van der Waals surface area contributed by atoms with Crippen LogP contribution in [0.5, 0.6) is 0 Å². The topological polar surface area (TPSA) is 67.8 Å². The number of hydrogen-bond acceptors (Lipinski definition) is 4. The van der Waals surface area contributed by atoms with Crippen LogP contribution in [-0.2, 0) is 6.18 Å². The zero-order valence-corrected chi connectivity index (χ0v) is 15.9. The maximum atomic E-state index is 13.1. The largest absolute Gasteiger partial charge is 0.416 e. The van der Waals surface area contributed by atoms with Gasteiger partial charge in [-0.2, -0.15) is 13.2 Å². The van der Waals surface area contributed by atoms with Crippen LogP contribution in [-0.4, -0.2) is 60.9 Å². The van der Waals surface area contributed by atoms with Crippen LogP contribution in [0, 0.1) is 0 Å². The molecule has 1 heterocycles. The van der Waals surface area contributed by atoms with Gasteiger partial charge in [0.1, 0.15) is 0 Å². The molecule has 1 saturated heterocycles. The minimum absolute atomic E-state index is 0.0255. The Morgan fingerprint density at radius 3 is 2.33 bits per heavy atom. The first-order valence-corrected chi connectivity index (χ1v) is 8.95. The molecule has 0 bridgehead atoms. The first kappa shape index (κ1) is 21.3. The Hall–Kier alpha value is -2.00. The van der Waals surface area contributed by atoms with E-state index in [1.54, 1.807) is 0 Å². The van der Waals surface area contributed by atoms with Gasteiger partial charge in [0.2, 0.25) is 0 Å². The summed E-state index contributed by atoms with van der Waals surface area (Å²) in [5.74, 6) is 0. The van der Waals surface area contributed by atoms with E-state index < -0.39 is 23.4 Å². The highest BCUT2D eigenvalue weighted by molar-refractivity contribution is 5.93. The number of nitrogens with one attached hydrogen (secondary N) is 2. The number of halogens is 3. The molecule has 0 aromatic heterocycles. The average molecular weight is 388 g/mol. The number of urea groups is 1. The van der Waals surface area contributed by atoms with Crippen molar-refractivity contribution in [1.82, 2.24) is 10.2 Å². The Kier molecular flexibility index (Phi) is 6.59. The summed E-state index contributed by atoms with van der Waals surface area (Å²) in [4.78, 5) is 16.3. The zero-order valence-electron chi connectivity index (χ0n) is 15.9. The minimum Gasteiger partial charge on any atom is -0.389 e. The molecular formula is C18H27F3N4O2. The molecule has 9 heteroatoms. The van der Waals surface area contributed by atoms with Gasteiger partial charge >= 0.3 is 12.2 Å². The van der Waals surface area contributed by atoms with E-state index in [1.165, 1.54) is 19.9 Å². The second-order valence-electron chi connectivity index (χ2n) is 7.27. The van der Waals surface area contributed by atoms with Gasteiger partial charge in [-0.15, -0.1) is 0 Å². The molecule has 0 atom stereocenters. The lowest BCUT2D eigenvalue weighted by molar-refractivity contribution is -0.137. The normalized spacial score (nSPS) is 16.3. The highest BCUT2D eigenvalue weighted by atomic mass is 19.4. The molecule has 0 aliphatic carbocycles. The lowest BCUT2D eigenvalue weighted by Crippen LogP contribution is -2.46. The maximum Gasteiger partial charge on any atom is 0.416 e. The van der Waals surface area contributed by atoms with Crippen molar-refractivity contribution in [3.8, 4) is 0 Å². The number of aliphatic hydroxyl groups is 1. The first-order chi connectivity index (χ1) is 12.5. The molecule has 0 unspecified atom stereocenters. The van der Waals surface area contributed by atoms with E-state index in [0.717, 1.165) is 31.8 Å². The summed E-state index contributed by atoms with van der Waals surface area (Å²) < 4.78 is 39.3. The van der Waals surface area contributed by atoms with E-state index in [-0.39, 0.29) is 12.2 Å². The van der Waals surface area contributed by atoms with E-state index in [0.29, 0.717) is 18.8 Å². The standard InChI is InChI=1S/C18H27F3N4O2/c1-4-24-7-9-25(10-8-24)15-6-5-13(18(19,20)21)11-14(15)23-16(26)22-12-17(2,3)27/h5-6,11,27H,4,7-10,12H2,1-3H3,(H2,22,23,26). The lowest BCUT2D eigenvalue weighted by atomic mass is 10.1. The van der Waals surface area contributed by atoms with Crippen molar-refractivity contribution in [3.63, 3.8) is 0 Å². The Balaban J connectivity index is 2.21. The number of benzene rings is 1. The Morgan fingerprint density at radius 1 is 1.19 bits per heavy atom. The number of hydrogen-bond donors (Lipinski definition) is 3. The molecule has 1 aromatic carbocycles. The van der Waals surface area contributed by atoms with Gasteiger partial charge in [0.25, 0.3) is 0 Å². The van der Waals surface area contributed by atoms with Gasteiger partial charge in [-0.3, -0.25) is 0 Å². The third-order valence-electron chi connectivity index (χ3n) is 4.41. The fourth-order valence-electron chi connectivity index (χ4n) is 2.86. The van der Waals surface area contributed by atoms with E-state index in [9.17, 15) is 23.1 Å². The summed E-state index contributed by atoms with van der Waals surface area (Å²) >= 11 is 0. The molecule has 3 N–H and O–H groups in total. The molecule has 152 valence electrons. The van der Waals surface area contributed by atoms with Crippen LogP contribution in [0.15, 0.2) is 18.2 Å². The summed E-state index contributed by atoms with van der Waals surface area (Å²) in [5.41, 5.74) is -1.29. The molecule has 1 fully saturated rings. The van der Waals surface area contributed by atoms with Gasteiger partial charge in [-0.05, 0) is 38.6 Å². The molecule has 1 aliphatic rings. The van der Waals surface area contributed by atoms with E-state index in [2.05, 4.69) is 22.5 Å². The highest BCUT2D eigenvalue weighted by Crippen LogP contribution is 2.35. The Labute approximate surface area is 157 Å². The number of carbonyl (C=O) groups is 1. The smallest absolute Gasteiger partial charge is 0.389 e. The van der Waals surface area contributed by atoms with Gasteiger partial charge < -0.3 is 25.5 Å². The van der Waals surface area contributed by atoms with Crippen LogP contribution in [0.2, 0.25) is 0 Å². The maximum absolute atomic E-state index is 13.1. The molecule has 6 nitrogen and oxygen atoms in total. The number of anilines is 2. The predicted molar refractivity (Wildman–Crippen MR) is 99.1 cm³/mol. The van der Waals surface area contributed by atoms with Gasteiger partial charge in [0.05, 0.1) is 22.5 Å². The molecule has 1 aliphatic heterocycles. The number of nitrogens with zero attached hydrogens (tertiary/aromatic N) is 2. The second kappa shape index (κ2) is 8.35. The van der Waals surface area contributed by atoms with Crippen molar-refractivity contribution in [2.75, 3.05) is 49.5 Å². The minimum atomic E-state index is -4.50. The SMILES string of the molecule is CCN1CCN(c2ccc(C(F)(F)F)cc2NC(=O)NCC(C)(C)O)CC1. The third-order valence-corrected chi connectivity index (χ3v) is 4.41. The quantitative estimate of drug-likeness (QED) is 0.726. The number of rotatable bonds is 5. The number of amides is 2. The number of likely N-dealkylation sites (N-methyl/N-ethyl adjacent to an activating group) is 1. The van der Waals surface area contributed by atoms with Crippen molar-refractivity contribution >= 4 is 17.4 Å². The summed E-state index contributed by atoms with van der Waals surface area (Å²) in [6.45, 7) is 8.95. The zero-order chi connectivity index (χ0) is 20.2. The summed E-state index contributed by atoms with van der Waals surface area (Å²) in [5, 5.41) is 14.7. The molecule has 0 saturated carbocycles. The molecule has 0 spiro atoms. The van der Waals surface area contributed by atoms with Gasteiger partial charge in [-0.25, -0.2) is 4.79 Å². The van der Waals surface area contributed by atoms with E-state index >= 15 is 0 Å². The van der Waals surface area contributed by atoms with Crippen LogP contribution >= 0.6 is 0 Å². The lowest BCUT2D eigenvalue weighted by Gasteiger charge is -2.36. The van der Waals surface area contributed by atoms with Crippen molar-refractivity contribution < 1.29 is 23.1 Å². The third kappa shape index (κ3) is 6.28. The summed E-state index contributed by atoms with van der Waals surface area (Å²) in [6.07, 6.45) is -4.50. The highest BCUT2D eigenvalue weighted by Gasteiger charge is 2.32. The molecule has 0 radical (unpaired) electrons. The number of alkyl halides is 3. The fraction of sp³-hybridized carbons (Fsp3) is 0.611. The molecule has 2 rings (SSSR count). The van der Waals surface area contributed by atoms with Crippen LogP contribution in [0.25, 0.3) is 0 Å². The van der Waals surface area contributed by atoms with Crippen molar-refractivity contribution in [2.24, 2.45) is 0 Å². The fourth-order valence-corrected chi connectivity index (χ4v) is 2.86.